The Balaban J connectivity index is 1.24. The number of thiophene rings is 1. The number of nitrogens with zero attached hydrogens (tertiary/aromatic N) is 1. The Hall–Kier alpha value is -2.96. The second-order valence-electron chi connectivity index (χ2n) is 9.75. The highest BCUT2D eigenvalue weighted by molar-refractivity contribution is 7.12. The lowest BCUT2D eigenvalue weighted by atomic mass is 9.79. The minimum absolute atomic E-state index is 0.281. The van der Waals surface area contributed by atoms with E-state index >= 15 is 0 Å². The van der Waals surface area contributed by atoms with Gasteiger partial charge in [-0.25, -0.2) is 4.39 Å². The fraction of sp³-hybridized carbons (Fsp3) is 0.345. The normalized spacial score (nSPS) is 17.1. The van der Waals surface area contributed by atoms with E-state index in [9.17, 15) is 14.3 Å². The Morgan fingerprint density at radius 3 is 2.57 bits per heavy atom. The molecule has 182 valence electrons. The number of rotatable bonds is 8. The largest absolute Gasteiger partial charge is 0.488 e. The Morgan fingerprint density at radius 2 is 1.86 bits per heavy atom. The van der Waals surface area contributed by atoms with E-state index in [4.69, 9.17) is 4.74 Å². The van der Waals surface area contributed by atoms with Crippen LogP contribution in [0, 0.1) is 12.3 Å². The van der Waals surface area contributed by atoms with Crippen molar-refractivity contribution in [3.63, 3.8) is 0 Å². The number of allylic oxidation sites excluding steroid dienone is 1. The number of likely N-dealkylation sites (tertiary alicyclic amines) is 1. The maximum atomic E-state index is 13.2. The summed E-state index contributed by atoms with van der Waals surface area (Å²) in [7, 11) is 0. The number of hydrogen-bond acceptors (Lipinski definition) is 4. The lowest BCUT2D eigenvalue weighted by Gasteiger charge is -2.46. The summed E-state index contributed by atoms with van der Waals surface area (Å²) in [5, 5.41) is 9.31. The molecule has 1 fully saturated rings. The minimum Gasteiger partial charge on any atom is -0.488 e. The minimum atomic E-state index is -1.21. The van der Waals surface area contributed by atoms with E-state index in [0.29, 0.717) is 13.2 Å². The zero-order valence-corrected chi connectivity index (χ0v) is 21.0. The lowest BCUT2D eigenvalue weighted by Crippen LogP contribution is -2.62. The van der Waals surface area contributed by atoms with Crippen molar-refractivity contribution in [2.75, 3.05) is 26.3 Å². The number of carboxylic acids is 1. The third kappa shape index (κ3) is 4.65. The van der Waals surface area contributed by atoms with Crippen LogP contribution < -0.4 is 4.74 Å². The lowest BCUT2D eigenvalue weighted by molar-refractivity contribution is -0.162. The van der Waals surface area contributed by atoms with Gasteiger partial charge in [0.15, 0.2) is 0 Å². The van der Waals surface area contributed by atoms with E-state index in [1.807, 2.05) is 17.0 Å². The van der Waals surface area contributed by atoms with Gasteiger partial charge in [-0.3, -0.25) is 9.69 Å². The van der Waals surface area contributed by atoms with Crippen molar-refractivity contribution in [3.05, 3.63) is 81.1 Å². The Morgan fingerprint density at radius 1 is 1.09 bits per heavy atom. The van der Waals surface area contributed by atoms with Crippen LogP contribution in [0.1, 0.15) is 34.2 Å². The summed E-state index contributed by atoms with van der Waals surface area (Å²) in [6, 6.07) is 19.0. The summed E-state index contributed by atoms with van der Waals surface area (Å²) in [4.78, 5) is 15.9. The van der Waals surface area contributed by atoms with E-state index in [0.717, 1.165) is 18.6 Å². The Bertz CT molecular complexity index is 1270. The van der Waals surface area contributed by atoms with Gasteiger partial charge in [0.05, 0.1) is 0 Å². The molecule has 0 bridgehead atoms. The topological polar surface area (TPSA) is 49.8 Å². The number of alkyl halides is 1. The van der Waals surface area contributed by atoms with Crippen molar-refractivity contribution in [2.45, 2.75) is 33.3 Å². The average Bonchev–Trinajstić information content (AvgIpc) is 3.22. The molecule has 0 atom stereocenters. The zero-order chi connectivity index (χ0) is 24.6. The van der Waals surface area contributed by atoms with Crippen molar-refractivity contribution in [1.82, 2.24) is 4.90 Å². The van der Waals surface area contributed by atoms with Crippen LogP contribution in [-0.4, -0.2) is 42.3 Å². The molecule has 1 N–H and O–H groups in total. The summed E-state index contributed by atoms with van der Waals surface area (Å²) < 4.78 is 19.4. The quantitative estimate of drug-likeness (QED) is 0.397. The molecule has 6 heteroatoms. The molecule has 1 aliphatic heterocycles. The van der Waals surface area contributed by atoms with Crippen LogP contribution in [0.25, 0.3) is 16.7 Å². The first-order valence-corrected chi connectivity index (χ1v) is 12.8. The third-order valence-electron chi connectivity index (χ3n) is 7.32. The fourth-order valence-corrected chi connectivity index (χ4v) is 6.21. The molecule has 0 saturated carbocycles. The number of aryl methyl sites for hydroxylation is 2. The molecule has 0 amide bonds. The number of ether oxygens (including phenoxy) is 1. The molecule has 0 unspecified atom stereocenters. The van der Waals surface area contributed by atoms with Crippen LogP contribution in [0.2, 0.25) is 0 Å². The molecule has 2 aromatic carbocycles. The van der Waals surface area contributed by atoms with E-state index in [1.54, 1.807) is 11.3 Å². The van der Waals surface area contributed by atoms with Crippen LogP contribution in [0.4, 0.5) is 4.39 Å². The van der Waals surface area contributed by atoms with E-state index in [2.05, 4.69) is 56.3 Å². The monoisotopic (exact) mass is 491 g/mol. The first-order valence-electron chi connectivity index (χ1n) is 12.0. The van der Waals surface area contributed by atoms with Gasteiger partial charge < -0.3 is 9.84 Å². The Labute approximate surface area is 209 Å². The second-order valence-corrected chi connectivity index (χ2v) is 11.1. The fourth-order valence-electron chi connectivity index (χ4n) is 5.24. The molecule has 1 aromatic heterocycles. The Kier molecular flexibility index (Phi) is 6.51. The number of fused-ring (bicyclic) bond motifs is 1. The van der Waals surface area contributed by atoms with Crippen LogP contribution >= 0.6 is 11.3 Å². The molecule has 4 nitrogen and oxygen atoms in total. The molecule has 0 radical (unpaired) electrons. The van der Waals surface area contributed by atoms with Crippen LogP contribution in [0.5, 0.6) is 5.75 Å². The number of aliphatic carboxylic acids is 1. The molecule has 2 aliphatic rings. The maximum absolute atomic E-state index is 13.2. The summed E-state index contributed by atoms with van der Waals surface area (Å²) in [6.07, 6.45) is 1.86. The number of hydrogen-bond donors (Lipinski definition) is 1. The van der Waals surface area contributed by atoms with Crippen molar-refractivity contribution < 1.29 is 19.0 Å². The van der Waals surface area contributed by atoms with Crippen molar-refractivity contribution >= 4 is 22.9 Å². The second kappa shape index (κ2) is 9.59. The van der Waals surface area contributed by atoms with Crippen LogP contribution in [0.3, 0.4) is 0 Å². The van der Waals surface area contributed by atoms with Gasteiger partial charge in [-0.05, 0) is 72.7 Å². The molecule has 1 saturated heterocycles. The molecule has 0 spiro atoms. The molecule has 5 rings (SSSR count). The van der Waals surface area contributed by atoms with Gasteiger partial charge in [-0.15, -0.1) is 11.3 Å². The molecule has 3 aromatic rings. The highest BCUT2D eigenvalue weighted by Gasteiger charge is 2.49. The van der Waals surface area contributed by atoms with Crippen molar-refractivity contribution in [2.24, 2.45) is 5.41 Å². The predicted molar refractivity (Wildman–Crippen MR) is 139 cm³/mol. The average molecular weight is 492 g/mol. The molecular formula is C29H30FNO3S. The van der Waals surface area contributed by atoms with Crippen molar-refractivity contribution in [1.29, 1.82) is 0 Å². The predicted octanol–water partition coefficient (Wildman–Crippen LogP) is 6.38. The zero-order valence-electron chi connectivity index (χ0n) is 20.1. The third-order valence-corrected chi connectivity index (χ3v) is 8.34. The van der Waals surface area contributed by atoms with Crippen LogP contribution in [0.15, 0.2) is 60.2 Å². The van der Waals surface area contributed by atoms with Gasteiger partial charge in [0, 0.05) is 29.4 Å². The first-order chi connectivity index (χ1) is 16.9. The SMILES string of the molecule is CC1=C(CN2CC(CF)(C(=O)O)C2)CCc2cc(OCc3cc(-c4ccccc4)c(C)s3)ccc21. The van der Waals surface area contributed by atoms with Gasteiger partial charge in [0.2, 0.25) is 0 Å². The van der Waals surface area contributed by atoms with E-state index in [-0.39, 0.29) is 13.1 Å². The smallest absolute Gasteiger partial charge is 0.314 e. The summed E-state index contributed by atoms with van der Waals surface area (Å²) in [6.45, 7) is 5.30. The van der Waals surface area contributed by atoms with E-state index < -0.39 is 18.1 Å². The van der Waals surface area contributed by atoms with Gasteiger partial charge in [-0.1, -0.05) is 42.0 Å². The maximum Gasteiger partial charge on any atom is 0.314 e. The highest BCUT2D eigenvalue weighted by atomic mass is 32.1. The first kappa shape index (κ1) is 23.8. The summed E-state index contributed by atoms with van der Waals surface area (Å²) in [5.74, 6) is -0.151. The van der Waals surface area contributed by atoms with Gasteiger partial charge in [0.1, 0.15) is 24.4 Å². The molecule has 2 heterocycles. The van der Waals surface area contributed by atoms with Gasteiger partial charge in [0.25, 0.3) is 0 Å². The van der Waals surface area contributed by atoms with E-state index in [1.165, 1.54) is 43.2 Å². The number of benzene rings is 2. The van der Waals surface area contributed by atoms with Crippen LogP contribution in [-0.2, 0) is 17.8 Å². The highest BCUT2D eigenvalue weighted by Crippen LogP contribution is 2.37. The molecular weight excluding hydrogens is 461 g/mol. The van der Waals surface area contributed by atoms with Crippen molar-refractivity contribution in [3.8, 4) is 16.9 Å². The molecule has 35 heavy (non-hydrogen) atoms. The number of carbonyl (C=O) groups is 1. The summed E-state index contributed by atoms with van der Waals surface area (Å²) >= 11 is 1.78. The number of carboxylic acid groups (broad SMARTS) is 1. The molecule has 1 aliphatic carbocycles. The van der Waals surface area contributed by atoms with Gasteiger partial charge in [-0.2, -0.15) is 0 Å². The van der Waals surface area contributed by atoms with Gasteiger partial charge >= 0.3 is 5.97 Å². The standard InChI is InChI=1S/C29H30FNO3S/c1-19-23(14-31-17-29(16-30,18-31)28(32)33)9-8-22-12-24(10-11-26(19)22)34-15-25-13-27(20(2)35-25)21-6-4-3-5-7-21/h3-7,10-13H,8-9,14-18H2,1-2H3,(H,32,33). The summed E-state index contributed by atoms with van der Waals surface area (Å²) in [5.41, 5.74) is 6.35. The number of halogens is 1.